The van der Waals surface area contributed by atoms with Crippen LogP contribution in [0.15, 0.2) is 51.8 Å². The third-order valence-corrected chi connectivity index (χ3v) is 8.13. The first-order valence-corrected chi connectivity index (χ1v) is 12.1. The Morgan fingerprint density at radius 2 is 1.61 bits per heavy atom. The van der Waals surface area contributed by atoms with Gasteiger partial charge in [0.25, 0.3) is 5.91 Å². The molecule has 3 rings (SSSR count). The highest BCUT2D eigenvalue weighted by atomic mass is 32.2. The molecule has 2 heterocycles. The number of amides is 1. The largest absolute Gasteiger partial charge is 0.455 e. The van der Waals surface area contributed by atoms with E-state index < -0.39 is 19.9 Å². The van der Waals surface area contributed by atoms with Crippen LogP contribution in [0.5, 0.6) is 0 Å². The minimum Gasteiger partial charge on any atom is -0.455 e. The van der Waals surface area contributed by atoms with Crippen molar-refractivity contribution in [3.8, 4) is 0 Å². The summed E-state index contributed by atoms with van der Waals surface area (Å²) in [7, 11) is -6.84. The lowest BCUT2D eigenvalue weighted by molar-refractivity contribution is 0.0664. The fourth-order valence-corrected chi connectivity index (χ4v) is 5.33. The number of sulfone groups is 1. The van der Waals surface area contributed by atoms with Crippen LogP contribution in [0.4, 0.5) is 0 Å². The number of rotatable bonds is 6. The van der Waals surface area contributed by atoms with Crippen LogP contribution in [0, 0.1) is 0 Å². The summed E-state index contributed by atoms with van der Waals surface area (Å²) in [6, 6.07) is 11.0. The van der Waals surface area contributed by atoms with Crippen molar-refractivity contribution in [1.29, 1.82) is 0 Å². The van der Waals surface area contributed by atoms with Gasteiger partial charge in [0.15, 0.2) is 15.6 Å². The first-order chi connectivity index (χ1) is 13.2. The number of hydrogen-bond acceptors (Lipinski definition) is 6. The quantitative estimate of drug-likeness (QED) is 0.691. The van der Waals surface area contributed by atoms with Gasteiger partial charge < -0.3 is 9.32 Å². The summed E-state index contributed by atoms with van der Waals surface area (Å²) in [4.78, 5) is 14.3. The highest BCUT2D eigenvalue weighted by Crippen LogP contribution is 2.19. The second kappa shape index (κ2) is 8.06. The maximum absolute atomic E-state index is 12.6. The lowest BCUT2D eigenvalue weighted by Crippen LogP contribution is -2.50. The van der Waals surface area contributed by atoms with Crippen LogP contribution >= 0.6 is 0 Å². The number of sulfonamides is 1. The Morgan fingerprint density at radius 1 is 0.964 bits per heavy atom. The Morgan fingerprint density at radius 3 is 2.21 bits per heavy atom. The van der Waals surface area contributed by atoms with Crippen LogP contribution in [0.25, 0.3) is 0 Å². The molecule has 10 heteroatoms. The summed E-state index contributed by atoms with van der Waals surface area (Å²) in [5, 5.41) is 0. The van der Waals surface area contributed by atoms with Gasteiger partial charge in [-0.25, -0.2) is 16.8 Å². The minimum absolute atomic E-state index is 0.0262. The van der Waals surface area contributed by atoms with Gasteiger partial charge in [0.1, 0.15) is 11.5 Å². The molecule has 8 nitrogen and oxygen atoms in total. The van der Waals surface area contributed by atoms with Crippen LogP contribution in [-0.4, -0.2) is 63.9 Å². The zero-order valence-corrected chi connectivity index (χ0v) is 17.1. The fraction of sp³-hybridized carbons (Fsp3) is 0.389. The second-order valence-corrected chi connectivity index (χ2v) is 10.7. The summed E-state index contributed by atoms with van der Waals surface area (Å²) >= 11 is 0. The molecule has 2 aromatic rings. The van der Waals surface area contributed by atoms with Gasteiger partial charge in [-0.05, 0) is 31.2 Å². The van der Waals surface area contributed by atoms with Crippen molar-refractivity contribution in [3.05, 3.63) is 54.0 Å². The van der Waals surface area contributed by atoms with Crippen LogP contribution in [-0.2, 0) is 25.6 Å². The van der Waals surface area contributed by atoms with Crippen molar-refractivity contribution in [2.75, 3.05) is 31.9 Å². The number of nitrogens with zero attached hydrogens (tertiary/aromatic N) is 2. The molecule has 1 amide bonds. The van der Waals surface area contributed by atoms with E-state index >= 15 is 0 Å². The number of carbonyl (C=O) groups excluding carboxylic acids is 1. The number of benzene rings is 1. The Kier molecular flexibility index (Phi) is 5.92. The molecule has 0 spiro atoms. The zero-order valence-electron chi connectivity index (χ0n) is 15.4. The molecule has 0 saturated carbocycles. The van der Waals surface area contributed by atoms with E-state index in [1.807, 2.05) is 0 Å². The molecule has 28 heavy (non-hydrogen) atoms. The van der Waals surface area contributed by atoms with Crippen molar-refractivity contribution >= 4 is 25.8 Å². The molecule has 1 aliphatic rings. The first kappa shape index (κ1) is 20.6. The van der Waals surface area contributed by atoms with Gasteiger partial charge >= 0.3 is 0 Å². The average molecular weight is 427 g/mol. The Balaban J connectivity index is 1.65. The lowest BCUT2D eigenvalue weighted by Gasteiger charge is -2.33. The van der Waals surface area contributed by atoms with Gasteiger partial charge in [-0.15, -0.1) is 0 Å². The molecule has 1 aromatic heterocycles. The normalized spacial score (nSPS) is 16.2. The molecule has 1 aromatic carbocycles. The molecular weight excluding hydrogens is 404 g/mol. The fourth-order valence-electron chi connectivity index (χ4n) is 2.98. The summed E-state index contributed by atoms with van der Waals surface area (Å²) < 4.78 is 55.5. The van der Waals surface area contributed by atoms with E-state index in [1.165, 1.54) is 33.5 Å². The molecule has 0 radical (unpaired) electrons. The van der Waals surface area contributed by atoms with Gasteiger partial charge in [0.05, 0.1) is 10.6 Å². The predicted molar refractivity (Wildman–Crippen MR) is 103 cm³/mol. The van der Waals surface area contributed by atoms with Crippen LogP contribution in [0.2, 0.25) is 0 Å². The second-order valence-electron chi connectivity index (χ2n) is 6.43. The van der Waals surface area contributed by atoms with Crippen molar-refractivity contribution in [1.82, 2.24) is 9.21 Å². The summed E-state index contributed by atoms with van der Waals surface area (Å²) in [5.41, 5.74) is 0. The maximum atomic E-state index is 12.6. The van der Waals surface area contributed by atoms with E-state index in [0.717, 1.165) is 0 Å². The highest BCUT2D eigenvalue weighted by Gasteiger charge is 2.29. The number of carbonyl (C=O) groups is 1. The highest BCUT2D eigenvalue weighted by molar-refractivity contribution is 7.90. The molecule has 1 saturated heterocycles. The average Bonchev–Trinajstić information content (AvgIpc) is 3.16. The molecule has 0 N–H and O–H groups in total. The van der Waals surface area contributed by atoms with Crippen molar-refractivity contribution in [3.63, 3.8) is 0 Å². The lowest BCUT2D eigenvalue weighted by atomic mass is 10.3. The molecule has 0 unspecified atom stereocenters. The van der Waals surface area contributed by atoms with Gasteiger partial charge in [-0.3, -0.25) is 4.79 Å². The van der Waals surface area contributed by atoms with E-state index in [2.05, 4.69) is 0 Å². The van der Waals surface area contributed by atoms with E-state index in [0.29, 0.717) is 0 Å². The third-order valence-electron chi connectivity index (χ3n) is 4.59. The molecule has 1 fully saturated rings. The van der Waals surface area contributed by atoms with Crippen molar-refractivity contribution < 1.29 is 26.0 Å². The molecule has 0 bridgehead atoms. The van der Waals surface area contributed by atoms with E-state index in [-0.39, 0.29) is 60.0 Å². The minimum atomic E-state index is -3.57. The van der Waals surface area contributed by atoms with Crippen molar-refractivity contribution in [2.24, 2.45) is 0 Å². The van der Waals surface area contributed by atoms with Crippen molar-refractivity contribution in [2.45, 2.75) is 17.6 Å². The zero-order chi connectivity index (χ0) is 20.4. The summed E-state index contributed by atoms with van der Waals surface area (Å²) in [6.45, 7) is 2.57. The topological polar surface area (TPSA) is 105 Å². The monoisotopic (exact) mass is 426 g/mol. The Hall–Kier alpha value is -2.17. The molecule has 0 atom stereocenters. The Bertz CT molecular complexity index is 1040. The standard InChI is InChI=1S/C18H22N2O6S2/c1-2-28(24,25)20-12-10-19(11-13-20)18(21)17-9-8-15(26-17)14-27(22,23)16-6-4-3-5-7-16/h3-9H,2,10-14H2,1H3. The van der Waals surface area contributed by atoms with E-state index in [4.69, 9.17) is 4.42 Å². The van der Waals surface area contributed by atoms with E-state index in [9.17, 15) is 21.6 Å². The number of piperazine rings is 1. The number of furan rings is 1. The predicted octanol–water partition coefficient (Wildman–Crippen LogP) is 1.36. The van der Waals surface area contributed by atoms with Gasteiger partial charge in [0, 0.05) is 26.2 Å². The van der Waals surface area contributed by atoms with Crippen LogP contribution in [0.1, 0.15) is 23.2 Å². The molecule has 1 aliphatic heterocycles. The summed E-state index contributed by atoms with van der Waals surface area (Å²) in [6.07, 6.45) is 0. The Labute approximate surface area is 164 Å². The molecule has 0 aliphatic carbocycles. The maximum Gasteiger partial charge on any atom is 0.289 e. The SMILES string of the molecule is CCS(=O)(=O)N1CCN(C(=O)c2ccc(CS(=O)(=O)c3ccccc3)o2)CC1. The van der Waals surface area contributed by atoms with Gasteiger partial charge in [-0.2, -0.15) is 4.31 Å². The third kappa shape index (κ3) is 4.45. The van der Waals surface area contributed by atoms with Crippen LogP contribution in [0.3, 0.4) is 0 Å². The molecule has 152 valence electrons. The molecular formula is C18H22N2O6S2. The number of hydrogen-bond donors (Lipinski definition) is 0. The van der Waals surface area contributed by atoms with E-state index in [1.54, 1.807) is 25.1 Å². The van der Waals surface area contributed by atoms with Gasteiger partial charge in [0.2, 0.25) is 10.0 Å². The smallest absolute Gasteiger partial charge is 0.289 e. The first-order valence-electron chi connectivity index (χ1n) is 8.86. The van der Waals surface area contributed by atoms with Gasteiger partial charge in [-0.1, -0.05) is 18.2 Å². The van der Waals surface area contributed by atoms with Crippen LogP contribution < -0.4 is 0 Å². The summed E-state index contributed by atoms with van der Waals surface area (Å²) in [5.74, 6) is -0.466.